The molecular weight excluding hydrogens is 160 g/mol. The predicted molar refractivity (Wildman–Crippen MR) is 39.8 cm³/mol. The topological polar surface area (TPSA) is 26.3 Å². The second-order valence-electron chi connectivity index (χ2n) is 1.25. The number of carbonyl (C=O) groups is 1. The SMILES string of the molecule is C=CCOC(=O)C(S)Cl. The summed E-state index contributed by atoms with van der Waals surface area (Å²) in [5, 5.41) is 0. The van der Waals surface area contributed by atoms with Crippen LogP contribution in [0.3, 0.4) is 0 Å². The molecule has 0 aromatic rings. The van der Waals surface area contributed by atoms with E-state index in [1.807, 2.05) is 0 Å². The minimum atomic E-state index is -0.870. The van der Waals surface area contributed by atoms with E-state index in [0.29, 0.717) is 0 Å². The zero-order valence-corrected chi connectivity index (χ0v) is 6.36. The summed E-state index contributed by atoms with van der Waals surface area (Å²) in [6.07, 6.45) is 1.46. The first-order valence-corrected chi connectivity index (χ1v) is 3.23. The summed E-state index contributed by atoms with van der Waals surface area (Å²) in [6.45, 7) is 3.53. The third-order valence-corrected chi connectivity index (χ3v) is 0.927. The van der Waals surface area contributed by atoms with Gasteiger partial charge in [0.05, 0.1) is 0 Å². The molecule has 0 heterocycles. The Morgan fingerprint density at radius 1 is 2.00 bits per heavy atom. The fourth-order valence-electron chi connectivity index (χ4n) is 0.210. The van der Waals surface area contributed by atoms with E-state index >= 15 is 0 Å². The molecule has 0 saturated carbocycles. The molecule has 0 bridgehead atoms. The van der Waals surface area contributed by atoms with Gasteiger partial charge in [-0.25, -0.2) is 4.79 Å². The van der Waals surface area contributed by atoms with Gasteiger partial charge in [-0.3, -0.25) is 0 Å². The highest BCUT2D eigenvalue weighted by atomic mass is 35.5. The van der Waals surface area contributed by atoms with Crippen LogP contribution in [0.4, 0.5) is 0 Å². The second kappa shape index (κ2) is 4.70. The van der Waals surface area contributed by atoms with E-state index in [2.05, 4.69) is 23.9 Å². The highest BCUT2D eigenvalue weighted by molar-refractivity contribution is 7.83. The van der Waals surface area contributed by atoms with Crippen molar-refractivity contribution in [2.75, 3.05) is 6.61 Å². The first-order valence-electron chi connectivity index (χ1n) is 2.28. The Hall–Kier alpha value is -0.150. The van der Waals surface area contributed by atoms with E-state index in [9.17, 15) is 4.79 Å². The van der Waals surface area contributed by atoms with E-state index < -0.39 is 10.7 Å². The Labute approximate surface area is 64.2 Å². The van der Waals surface area contributed by atoms with Crippen LogP contribution in [-0.4, -0.2) is 17.3 Å². The van der Waals surface area contributed by atoms with E-state index in [4.69, 9.17) is 11.6 Å². The predicted octanol–water partition coefficient (Wildman–Crippen LogP) is 1.21. The molecule has 0 radical (unpaired) electrons. The van der Waals surface area contributed by atoms with Gasteiger partial charge in [0.25, 0.3) is 0 Å². The van der Waals surface area contributed by atoms with Crippen molar-refractivity contribution in [1.29, 1.82) is 0 Å². The number of rotatable bonds is 3. The Bertz CT molecular complexity index is 114. The van der Waals surface area contributed by atoms with E-state index in [1.165, 1.54) is 6.08 Å². The Morgan fingerprint density at radius 2 is 2.56 bits per heavy atom. The molecule has 9 heavy (non-hydrogen) atoms. The maximum absolute atomic E-state index is 10.4. The lowest BCUT2D eigenvalue weighted by Crippen LogP contribution is -2.11. The van der Waals surface area contributed by atoms with Crippen molar-refractivity contribution in [3.63, 3.8) is 0 Å². The fraction of sp³-hybridized carbons (Fsp3) is 0.400. The smallest absolute Gasteiger partial charge is 0.334 e. The summed E-state index contributed by atoms with van der Waals surface area (Å²) in [4.78, 5) is 10.4. The van der Waals surface area contributed by atoms with Crippen LogP contribution >= 0.6 is 24.2 Å². The number of thiol groups is 1. The molecule has 0 aliphatic rings. The van der Waals surface area contributed by atoms with Crippen LogP contribution < -0.4 is 0 Å². The Kier molecular flexibility index (Phi) is 4.62. The normalized spacial score (nSPS) is 12.2. The lowest BCUT2D eigenvalue weighted by atomic mass is 10.7. The van der Waals surface area contributed by atoms with Gasteiger partial charge in [-0.2, -0.15) is 0 Å². The van der Waals surface area contributed by atoms with Crippen LogP contribution in [-0.2, 0) is 9.53 Å². The minimum Gasteiger partial charge on any atom is -0.460 e. The molecule has 0 aliphatic carbocycles. The quantitative estimate of drug-likeness (QED) is 0.295. The molecule has 0 amide bonds. The van der Waals surface area contributed by atoms with E-state index in [1.54, 1.807) is 0 Å². The highest BCUT2D eigenvalue weighted by Gasteiger charge is 2.09. The summed E-state index contributed by atoms with van der Waals surface area (Å²) in [5.41, 5.74) is 0. The van der Waals surface area contributed by atoms with Crippen molar-refractivity contribution in [2.45, 2.75) is 4.71 Å². The molecule has 1 unspecified atom stereocenters. The van der Waals surface area contributed by atoms with Crippen LogP contribution in [0.2, 0.25) is 0 Å². The summed E-state index contributed by atoms with van der Waals surface area (Å²) in [7, 11) is 0. The average molecular weight is 167 g/mol. The van der Waals surface area contributed by atoms with Gasteiger partial charge in [0.1, 0.15) is 6.61 Å². The molecule has 0 N–H and O–H groups in total. The average Bonchev–Trinajstić information content (AvgIpc) is 1.82. The maximum atomic E-state index is 10.4. The molecule has 2 nitrogen and oxygen atoms in total. The zero-order chi connectivity index (χ0) is 7.28. The lowest BCUT2D eigenvalue weighted by Gasteiger charge is -2.00. The molecule has 0 aromatic carbocycles. The largest absolute Gasteiger partial charge is 0.460 e. The number of hydrogen-bond acceptors (Lipinski definition) is 3. The van der Waals surface area contributed by atoms with Gasteiger partial charge in [0, 0.05) is 0 Å². The lowest BCUT2D eigenvalue weighted by molar-refractivity contribution is -0.140. The minimum absolute atomic E-state index is 0.183. The number of carbonyl (C=O) groups excluding carboxylic acids is 1. The van der Waals surface area contributed by atoms with E-state index in [0.717, 1.165) is 0 Å². The van der Waals surface area contributed by atoms with Crippen LogP contribution in [0.1, 0.15) is 0 Å². The number of ether oxygens (including phenoxy) is 1. The Morgan fingerprint density at radius 3 is 2.89 bits per heavy atom. The van der Waals surface area contributed by atoms with Crippen LogP contribution in [0, 0.1) is 0 Å². The summed E-state index contributed by atoms with van der Waals surface area (Å²) < 4.78 is 3.62. The van der Waals surface area contributed by atoms with Crippen molar-refractivity contribution in [3.8, 4) is 0 Å². The van der Waals surface area contributed by atoms with E-state index in [-0.39, 0.29) is 6.61 Å². The number of esters is 1. The van der Waals surface area contributed by atoms with Crippen molar-refractivity contribution in [2.24, 2.45) is 0 Å². The third kappa shape index (κ3) is 4.36. The first-order chi connectivity index (χ1) is 4.18. The standard InChI is InChI=1S/C5H7ClO2S/c1-2-3-8-5(7)4(6)9/h2,4,9H,1,3H2. The van der Waals surface area contributed by atoms with Gasteiger partial charge in [0.2, 0.25) is 0 Å². The molecule has 4 heteroatoms. The molecule has 1 atom stereocenters. The van der Waals surface area contributed by atoms with Crippen molar-refractivity contribution in [1.82, 2.24) is 0 Å². The zero-order valence-electron chi connectivity index (χ0n) is 4.71. The molecule has 0 saturated heterocycles. The molecule has 0 spiro atoms. The first kappa shape index (κ1) is 8.85. The summed E-state index contributed by atoms with van der Waals surface area (Å²) in [5.74, 6) is -0.542. The van der Waals surface area contributed by atoms with Crippen molar-refractivity contribution >= 4 is 30.2 Å². The fourth-order valence-corrected chi connectivity index (χ4v) is 0.347. The number of hydrogen-bond donors (Lipinski definition) is 1. The van der Waals surface area contributed by atoms with Crippen LogP contribution in [0.15, 0.2) is 12.7 Å². The number of halogens is 1. The Balaban J connectivity index is 3.38. The van der Waals surface area contributed by atoms with Gasteiger partial charge >= 0.3 is 5.97 Å². The second-order valence-corrected chi connectivity index (χ2v) is 2.51. The molecule has 52 valence electrons. The van der Waals surface area contributed by atoms with Crippen molar-refractivity contribution in [3.05, 3.63) is 12.7 Å². The van der Waals surface area contributed by atoms with Crippen LogP contribution in [0.25, 0.3) is 0 Å². The van der Waals surface area contributed by atoms with Gasteiger partial charge in [-0.05, 0) is 0 Å². The number of alkyl halides is 1. The molecular formula is C5H7ClO2S. The molecule has 0 fully saturated rings. The van der Waals surface area contributed by atoms with Crippen molar-refractivity contribution < 1.29 is 9.53 Å². The van der Waals surface area contributed by atoms with Crippen LogP contribution in [0.5, 0.6) is 0 Å². The molecule has 0 aromatic heterocycles. The third-order valence-electron chi connectivity index (χ3n) is 0.538. The molecule has 0 aliphatic heterocycles. The van der Waals surface area contributed by atoms with Gasteiger partial charge in [0.15, 0.2) is 4.71 Å². The molecule has 0 rings (SSSR count). The van der Waals surface area contributed by atoms with Gasteiger partial charge < -0.3 is 4.74 Å². The maximum Gasteiger partial charge on any atom is 0.334 e. The van der Waals surface area contributed by atoms with Gasteiger partial charge in [-0.1, -0.05) is 24.3 Å². The summed E-state index contributed by atoms with van der Waals surface area (Å²) >= 11 is 8.84. The monoisotopic (exact) mass is 166 g/mol. The summed E-state index contributed by atoms with van der Waals surface area (Å²) in [6, 6.07) is 0. The highest BCUT2D eigenvalue weighted by Crippen LogP contribution is 2.02. The van der Waals surface area contributed by atoms with Gasteiger partial charge in [-0.15, -0.1) is 12.6 Å².